The quantitative estimate of drug-likeness (QED) is 0.770. The minimum atomic E-state index is -0.0156. The molecule has 0 aliphatic heterocycles. The van der Waals surface area contributed by atoms with Gasteiger partial charge in [-0.25, -0.2) is 4.98 Å². The fraction of sp³-hybridized carbons (Fsp3) is 0.522. The second-order valence-electron chi connectivity index (χ2n) is 9.30. The molecule has 1 aromatic heterocycles. The first-order valence-electron chi connectivity index (χ1n) is 9.71. The molecule has 4 heteroatoms. The molecule has 0 unspecified atom stereocenters. The van der Waals surface area contributed by atoms with Crippen molar-refractivity contribution >= 4 is 5.82 Å². The van der Waals surface area contributed by atoms with Crippen LogP contribution >= 0.6 is 0 Å². The lowest BCUT2D eigenvalue weighted by molar-refractivity contribution is 0.411. The summed E-state index contributed by atoms with van der Waals surface area (Å²) in [5, 5.41) is 14.5. The van der Waals surface area contributed by atoms with E-state index in [1.807, 2.05) is 25.4 Å². The van der Waals surface area contributed by atoms with Crippen molar-refractivity contribution in [2.75, 3.05) is 18.5 Å². The topological polar surface area (TPSA) is 48.4 Å². The highest BCUT2D eigenvalue weighted by molar-refractivity contribution is 5.73. The Morgan fingerprint density at radius 2 is 1.74 bits per heavy atom. The van der Waals surface area contributed by atoms with Crippen molar-refractivity contribution in [1.82, 2.24) is 10.3 Å². The van der Waals surface area contributed by atoms with E-state index in [0.29, 0.717) is 12.3 Å². The van der Waals surface area contributed by atoms with Gasteiger partial charge < -0.3 is 15.3 Å². The fourth-order valence-corrected chi connectivity index (χ4v) is 2.78. The summed E-state index contributed by atoms with van der Waals surface area (Å²) < 4.78 is 0. The van der Waals surface area contributed by atoms with Crippen LogP contribution < -0.4 is 10.2 Å². The number of aromatic hydroxyl groups is 1. The van der Waals surface area contributed by atoms with Gasteiger partial charge in [0.1, 0.15) is 11.6 Å². The summed E-state index contributed by atoms with van der Waals surface area (Å²) >= 11 is 0. The summed E-state index contributed by atoms with van der Waals surface area (Å²) in [4.78, 5) is 6.66. The molecule has 0 saturated heterocycles. The molecule has 2 N–H and O–H groups in total. The van der Waals surface area contributed by atoms with Gasteiger partial charge in [0.25, 0.3) is 0 Å². The van der Waals surface area contributed by atoms with E-state index in [9.17, 15) is 5.11 Å². The molecule has 2 aromatic rings. The number of phenols is 1. The summed E-state index contributed by atoms with van der Waals surface area (Å²) in [6, 6.07) is 8.26. The van der Waals surface area contributed by atoms with Gasteiger partial charge in [0.15, 0.2) is 0 Å². The van der Waals surface area contributed by atoms with E-state index in [4.69, 9.17) is 0 Å². The Kier molecular flexibility index (Phi) is 6.21. The molecule has 2 rings (SSSR count). The highest BCUT2D eigenvalue weighted by atomic mass is 16.3. The Balaban J connectivity index is 2.51. The first-order chi connectivity index (χ1) is 12.4. The molecule has 0 spiro atoms. The van der Waals surface area contributed by atoms with E-state index in [1.165, 1.54) is 5.56 Å². The third-order valence-electron chi connectivity index (χ3n) is 4.79. The highest BCUT2D eigenvalue weighted by Crippen LogP contribution is 2.37. The number of hydrogen-bond donors (Lipinski definition) is 2. The maximum atomic E-state index is 11.0. The minimum Gasteiger partial charge on any atom is -0.507 e. The predicted molar refractivity (Wildman–Crippen MR) is 116 cm³/mol. The predicted octanol–water partition coefficient (Wildman–Crippen LogP) is 5.10. The van der Waals surface area contributed by atoms with Gasteiger partial charge in [-0.05, 0) is 56.9 Å². The third-order valence-corrected chi connectivity index (χ3v) is 4.79. The first kappa shape index (κ1) is 21.2. The number of hydrogen-bond acceptors (Lipinski definition) is 4. The lowest BCUT2D eigenvalue weighted by atomic mass is 9.83. The number of pyridine rings is 1. The molecule has 1 aromatic carbocycles. The van der Waals surface area contributed by atoms with Gasteiger partial charge in [-0.3, -0.25) is 0 Å². The average molecular weight is 370 g/mol. The van der Waals surface area contributed by atoms with Crippen molar-refractivity contribution in [1.29, 1.82) is 0 Å². The second-order valence-corrected chi connectivity index (χ2v) is 9.30. The number of rotatable bonds is 5. The molecule has 1 heterocycles. The van der Waals surface area contributed by atoms with Crippen molar-refractivity contribution in [2.45, 2.75) is 66.0 Å². The Labute approximate surface area is 164 Å². The zero-order chi connectivity index (χ0) is 20.4. The molecule has 4 nitrogen and oxygen atoms in total. The zero-order valence-electron chi connectivity index (χ0n) is 18.1. The number of nitrogens with zero attached hydrogens (tertiary/aromatic N) is 2. The summed E-state index contributed by atoms with van der Waals surface area (Å²) in [5.41, 5.74) is 3.88. The number of nitrogens with one attached hydrogen (secondary N) is 1. The molecular weight excluding hydrogens is 334 g/mol. The van der Waals surface area contributed by atoms with Crippen LogP contribution in [0.15, 0.2) is 30.5 Å². The van der Waals surface area contributed by atoms with Gasteiger partial charge in [0, 0.05) is 48.6 Å². The van der Waals surface area contributed by atoms with Crippen LogP contribution in [-0.2, 0) is 12.0 Å². The van der Waals surface area contributed by atoms with Crippen molar-refractivity contribution in [3.8, 4) is 16.9 Å². The SMILES string of the molecule is CCN(C)c1ccc(-c2cc(C(C)(C)C)cc(CNC(C)(C)C)c2O)cn1. The van der Waals surface area contributed by atoms with Crippen molar-refractivity contribution in [2.24, 2.45) is 0 Å². The van der Waals surface area contributed by atoms with E-state index < -0.39 is 0 Å². The Morgan fingerprint density at radius 1 is 1.07 bits per heavy atom. The van der Waals surface area contributed by atoms with Crippen LogP contribution in [0.3, 0.4) is 0 Å². The van der Waals surface area contributed by atoms with Crippen LogP contribution in [0.4, 0.5) is 5.82 Å². The van der Waals surface area contributed by atoms with Crippen LogP contribution in [0.5, 0.6) is 5.75 Å². The molecule has 0 atom stereocenters. The molecule has 0 bridgehead atoms. The molecule has 0 fully saturated rings. The Hall–Kier alpha value is -2.07. The standard InChI is InChI=1S/C23H35N3O/c1-9-26(8)20-11-10-16(14-24-20)19-13-18(22(2,3)4)12-17(21(19)27)15-25-23(5,6)7/h10-14,25,27H,9,15H2,1-8H3. The normalized spacial score (nSPS) is 12.3. The number of aromatic nitrogens is 1. The maximum Gasteiger partial charge on any atom is 0.128 e. The van der Waals surface area contributed by atoms with E-state index in [-0.39, 0.29) is 11.0 Å². The van der Waals surface area contributed by atoms with Crippen LogP contribution in [0.25, 0.3) is 11.1 Å². The Bertz CT molecular complexity index is 768. The summed E-state index contributed by atoms with van der Waals surface area (Å²) in [7, 11) is 2.02. The minimum absolute atomic E-state index is 0.00523. The van der Waals surface area contributed by atoms with Gasteiger partial charge in [0.2, 0.25) is 0 Å². The Morgan fingerprint density at radius 3 is 2.22 bits per heavy atom. The van der Waals surface area contributed by atoms with Gasteiger partial charge in [0.05, 0.1) is 0 Å². The number of benzene rings is 1. The molecular formula is C23H35N3O. The molecule has 0 aliphatic rings. The summed E-state index contributed by atoms with van der Waals surface area (Å²) in [5.74, 6) is 1.26. The molecule has 0 radical (unpaired) electrons. The zero-order valence-corrected chi connectivity index (χ0v) is 18.1. The molecule has 0 amide bonds. The van der Waals surface area contributed by atoms with Crippen LogP contribution in [-0.4, -0.2) is 29.2 Å². The summed E-state index contributed by atoms with van der Waals surface area (Å²) in [6.45, 7) is 16.6. The largest absolute Gasteiger partial charge is 0.507 e. The fourth-order valence-electron chi connectivity index (χ4n) is 2.78. The van der Waals surface area contributed by atoms with E-state index in [0.717, 1.165) is 29.1 Å². The molecule has 0 aliphatic carbocycles. The van der Waals surface area contributed by atoms with Gasteiger partial charge in [-0.1, -0.05) is 26.8 Å². The first-order valence-corrected chi connectivity index (χ1v) is 9.71. The van der Waals surface area contributed by atoms with Gasteiger partial charge >= 0.3 is 0 Å². The van der Waals surface area contributed by atoms with E-state index in [2.05, 4.69) is 75.8 Å². The van der Waals surface area contributed by atoms with E-state index >= 15 is 0 Å². The maximum absolute atomic E-state index is 11.0. The third kappa shape index (κ3) is 5.46. The lowest BCUT2D eigenvalue weighted by Crippen LogP contribution is -2.35. The van der Waals surface area contributed by atoms with Crippen LogP contribution in [0.2, 0.25) is 0 Å². The van der Waals surface area contributed by atoms with Crippen molar-refractivity contribution in [3.05, 3.63) is 41.6 Å². The monoisotopic (exact) mass is 369 g/mol. The van der Waals surface area contributed by atoms with Crippen LogP contribution in [0, 0.1) is 0 Å². The van der Waals surface area contributed by atoms with Gasteiger partial charge in [-0.2, -0.15) is 0 Å². The second kappa shape index (κ2) is 7.89. The van der Waals surface area contributed by atoms with Crippen LogP contribution in [0.1, 0.15) is 59.6 Å². The summed E-state index contributed by atoms with van der Waals surface area (Å²) in [6.07, 6.45) is 1.85. The smallest absolute Gasteiger partial charge is 0.128 e. The van der Waals surface area contributed by atoms with Crippen molar-refractivity contribution < 1.29 is 5.11 Å². The molecule has 27 heavy (non-hydrogen) atoms. The highest BCUT2D eigenvalue weighted by Gasteiger charge is 2.20. The number of phenolic OH excluding ortho intramolecular Hbond substituents is 1. The van der Waals surface area contributed by atoms with Gasteiger partial charge in [-0.15, -0.1) is 0 Å². The van der Waals surface area contributed by atoms with Crippen molar-refractivity contribution in [3.63, 3.8) is 0 Å². The lowest BCUT2D eigenvalue weighted by Gasteiger charge is -2.25. The average Bonchev–Trinajstić information content (AvgIpc) is 2.58. The van der Waals surface area contributed by atoms with E-state index in [1.54, 1.807) is 0 Å². The number of anilines is 1. The molecule has 148 valence electrons. The molecule has 0 saturated carbocycles.